The molecule has 0 bridgehead atoms. The van der Waals surface area contributed by atoms with Crippen molar-refractivity contribution in [2.24, 2.45) is 35.0 Å². The highest BCUT2D eigenvalue weighted by atomic mass is 16.5. The molecule has 0 aromatic carbocycles. The lowest BCUT2D eigenvalue weighted by Gasteiger charge is -2.58. The molecule has 4 aliphatic rings. The number of hydrogen-bond acceptors (Lipinski definition) is 2. The first-order valence-electron chi connectivity index (χ1n) is 10.3. The van der Waals surface area contributed by atoms with Crippen molar-refractivity contribution in [1.29, 1.82) is 0 Å². The fourth-order valence-electron chi connectivity index (χ4n) is 7.71. The average molecular weight is 333 g/mol. The lowest BCUT2D eigenvalue weighted by molar-refractivity contribution is -0.137. The SMILES string of the molecule is C/C=C1/CC[C@H]2[C@@H]3CC[C@@H]4C[C@](C)(O)CC[C@@H]4[C@H]3C[C@@H](OC)[C@]12C. The molecule has 0 saturated heterocycles. The normalized spacial score (nSPS) is 55.8. The van der Waals surface area contributed by atoms with E-state index in [1.807, 2.05) is 7.11 Å². The van der Waals surface area contributed by atoms with E-state index in [-0.39, 0.29) is 5.41 Å². The third kappa shape index (κ3) is 2.35. The summed E-state index contributed by atoms with van der Waals surface area (Å²) in [5.74, 6) is 4.12. The standard InChI is InChI=1S/C22H36O2/c1-5-15-7-9-19-17-8-6-14-13-21(2,23)11-10-16(14)18(17)12-20(24-4)22(15,19)3/h5,14,16-20,23H,6-13H2,1-4H3/b15-5-/t14-,16+,17-,18-,19+,20-,21-,22-/m1/s1. The Morgan fingerprint density at radius 3 is 2.58 bits per heavy atom. The number of ether oxygens (including phenoxy) is 1. The lowest BCUT2D eigenvalue weighted by atomic mass is 9.48. The second-order valence-corrected chi connectivity index (χ2v) is 9.77. The van der Waals surface area contributed by atoms with Crippen molar-refractivity contribution in [2.45, 2.75) is 83.8 Å². The Labute approximate surface area is 148 Å². The molecular weight excluding hydrogens is 296 g/mol. The van der Waals surface area contributed by atoms with Crippen LogP contribution in [-0.4, -0.2) is 23.9 Å². The first-order valence-corrected chi connectivity index (χ1v) is 10.3. The topological polar surface area (TPSA) is 29.5 Å². The summed E-state index contributed by atoms with van der Waals surface area (Å²) in [5, 5.41) is 10.5. The van der Waals surface area contributed by atoms with Crippen LogP contribution in [0.5, 0.6) is 0 Å². The van der Waals surface area contributed by atoms with Crippen LogP contribution in [0.1, 0.15) is 72.1 Å². The van der Waals surface area contributed by atoms with Gasteiger partial charge in [0.25, 0.3) is 0 Å². The van der Waals surface area contributed by atoms with Crippen molar-refractivity contribution in [3.63, 3.8) is 0 Å². The first kappa shape index (κ1) is 17.1. The predicted molar refractivity (Wildman–Crippen MR) is 97.7 cm³/mol. The van der Waals surface area contributed by atoms with E-state index in [1.165, 1.54) is 38.5 Å². The minimum absolute atomic E-state index is 0.275. The third-order valence-corrected chi connectivity index (χ3v) is 8.79. The smallest absolute Gasteiger partial charge is 0.0667 e. The quantitative estimate of drug-likeness (QED) is 0.688. The van der Waals surface area contributed by atoms with E-state index in [9.17, 15) is 5.11 Å². The second-order valence-electron chi connectivity index (χ2n) is 9.77. The minimum atomic E-state index is -0.413. The van der Waals surface area contributed by atoms with Gasteiger partial charge < -0.3 is 9.84 Å². The van der Waals surface area contributed by atoms with Crippen LogP contribution in [0.4, 0.5) is 0 Å². The Kier molecular flexibility index (Phi) is 4.16. The summed E-state index contributed by atoms with van der Waals surface area (Å²) in [6.45, 7) is 6.78. The van der Waals surface area contributed by atoms with Crippen LogP contribution < -0.4 is 0 Å². The molecule has 0 aromatic heterocycles. The van der Waals surface area contributed by atoms with Gasteiger partial charge in [-0.05, 0) is 94.8 Å². The molecule has 0 aromatic rings. The lowest BCUT2D eigenvalue weighted by Crippen LogP contribution is -2.55. The zero-order valence-corrected chi connectivity index (χ0v) is 16.1. The van der Waals surface area contributed by atoms with Crippen molar-refractivity contribution in [1.82, 2.24) is 0 Å². The molecule has 0 aliphatic heterocycles. The van der Waals surface area contributed by atoms with Gasteiger partial charge in [-0.25, -0.2) is 0 Å². The fourth-order valence-corrected chi connectivity index (χ4v) is 7.71. The molecular formula is C22H36O2. The summed E-state index contributed by atoms with van der Waals surface area (Å²) in [7, 11) is 1.94. The number of hydrogen-bond donors (Lipinski definition) is 1. The Bertz CT molecular complexity index is 522. The molecule has 4 fully saturated rings. The predicted octanol–water partition coefficient (Wildman–Crippen LogP) is 4.96. The van der Waals surface area contributed by atoms with Gasteiger partial charge >= 0.3 is 0 Å². The zero-order chi connectivity index (χ0) is 17.1. The summed E-state index contributed by atoms with van der Waals surface area (Å²) in [4.78, 5) is 0. The van der Waals surface area contributed by atoms with Crippen molar-refractivity contribution < 1.29 is 9.84 Å². The number of aliphatic hydroxyl groups is 1. The molecule has 2 heteroatoms. The highest BCUT2D eigenvalue weighted by molar-refractivity contribution is 5.26. The Balaban J connectivity index is 1.63. The first-order chi connectivity index (χ1) is 11.4. The Hall–Kier alpha value is -0.340. The molecule has 0 amide bonds. The molecule has 0 heterocycles. The van der Waals surface area contributed by atoms with E-state index in [1.54, 1.807) is 5.57 Å². The molecule has 8 atom stereocenters. The highest BCUT2D eigenvalue weighted by Crippen LogP contribution is 2.64. The molecule has 136 valence electrons. The maximum atomic E-state index is 10.5. The zero-order valence-electron chi connectivity index (χ0n) is 16.1. The van der Waals surface area contributed by atoms with Gasteiger partial charge in [-0.1, -0.05) is 18.6 Å². The molecule has 0 unspecified atom stereocenters. The molecule has 4 saturated carbocycles. The van der Waals surface area contributed by atoms with E-state index in [0.717, 1.165) is 42.4 Å². The molecule has 0 spiro atoms. The Morgan fingerprint density at radius 1 is 1.08 bits per heavy atom. The second kappa shape index (κ2) is 5.84. The van der Waals surface area contributed by atoms with Gasteiger partial charge in [-0.15, -0.1) is 0 Å². The maximum Gasteiger partial charge on any atom is 0.0667 e. The summed E-state index contributed by atoms with van der Waals surface area (Å²) >= 11 is 0. The number of rotatable bonds is 1. The van der Waals surface area contributed by atoms with Crippen LogP contribution in [0.3, 0.4) is 0 Å². The van der Waals surface area contributed by atoms with Crippen LogP contribution in [0, 0.1) is 35.0 Å². The van der Waals surface area contributed by atoms with E-state index in [2.05, 4.69) is 26.8 Å². The van der Waals surface area contributed by atoms with E-state index in [4.69, 9.17) is 4.74 Å². The fraction of sp³-hybridized carbons (Fsp3) is 0.909. The number of fused-ring (bicyclic) bond motifs is 5. The average Bonchev–Trinajstić information content (AvgIpc) is 2.89. The number of allylic oxidation sites excluding steroid dienone is 1. The molecule has 4 aliphatic carbocycles. The largest absolute Gasteiger partial charge is 0.390 e. The summed E-state index contributed by atoms with van der Waals surface area (Å²) in [5.41, 5.74) is 1.52. The van der Waals surface area contributed by atoms with Gasteiger partial charge in [-0.3, -0.25) is 0 Å². The van der Waals surface area contributed by atoms with E-state index < -0.39 is 5.60 Å². The highest BCUT2D eigenvalue weighted by Gasteiger charge is 2.59. The van der Waals surface area contributed by atoms with Gasteiger partial charge in [0.05, 0.1) is 11.7 Å². The minimum Gasteiger partial charge on any atom is -0.390 e. The van der Waals surface area contributed by atoms with Gasteiger partial charge in [0.1, 0.15) is 0 Å². The van der Waals surface area contributed by atoms with E-state index >= 15 is 0 Å². The monoisotopic (exact) mass is 332 g/mol. The van der Waals surface area contributed by atoms with Gasteiger partial charge in [0.15, 0.2) is 0 Å². The van der Waals surface area contributed by atoms with Crippen molar-refractivity contribution in [3.8, 4) is 0 Å². The van der Waals surface area contributed by atoms with Crippen LogP contribution in [0.25, 0.3) is 0 Å². The molecule has 2 nitrogen and oxygen atoms in total. The summed E-state index contributed by atoms with van der Waals surface area (Å²) in [6, 6.07) is 0. The van der Waals surface area contributed by atoms with Crippen LogP contribution in [0.2, 0.25) is 0 Å². The van der Waals surface area contributed by atoms with Crippen LogP contribution in [0.15, 0.2) is 11.6 Å². The molecule has 0 radical (unpaired) electrons. The number of methoxy groups -OCH3 is 1. The third-order valence-electron chi connectivity index (χ3n) is 8.79. The van der Waals surface area contributed by atoms with Gasteiger partial charge in [0.2, 0.25) is 0 Å². The van der Waals surface area contributed by atoms with Crippen LogP contribution >= 0.6 is 0 Å². The van der Waals surface area contributed by atoms with E-state index in [0.29, 0.717) is 6.10 Å². The maximum absolute atomic E-state index is 10.5. The van der Waals surface area contributed by atoms with Gasteiger partial charge in [0, 0.05) is 12.5 Å². The molecule has 24 heavy (non-hydrogen) atoms. The summed E-state index contributed by atoms with van der Waals surface area (Å²) in [6.07, 6.45) is 12.7. The molecule has 1 N–H and O–H groups in total. The van der Waals surface area contributed by atoms with Crippen molar-refractivity contribution in [2.75, 3.05) is 7.11 Å². The Morgan fingerprint density at radius 2 is 1.88 bits per heavy atom. The van der Waals surface area contributed by atoms with Crippen molar-refractivity contribution in [3.05, 3.63) is 11.6 Å². The van der Waals surface area contributed by atoms with Gasteiger partial charge in [-0.2, -0.15) is 0 Å². The van der Waals surface area contributed by atoms with Crippen LogP contribution in [-0.2, 0) is 4.74 Å². The molecule has 4 rings (SSSR count). The van der Waals surface area contributed by atoms with Crippen molar-refractivity contribution >= 4 is 0 Å². The summed E-state index contributed by atoms with van der Waals surface area (Å²) < 4.78 is 6.12.